The van der Waals surface area contributed by atoms with Gasteiger partial charge in [0.1, 0.15) is 17.9 Å². The highest BCUT2D eigenvalue weighted by molar-refractivity contribution is 7.89. The van der Waals surface area contributed by atoms with E-state index >= 15 is 0 Å². The number of carboxylic acids is 1. The number of nitrogens with zero attached hydrogens (tertiary/aromatic N) is 2. The van der Waals surface area contributed by atoms with Crippen molar-refractivity contribution in [3.63, 3.8) is 0 Å². The van der Waals surface area contributed by atoms with Crippen molar-refractivity contribution in [1.29, 1.82) is 0 Å². The number of sulfonamides is 1. The molecule has 0 amide bonds. The van der Waals surface area contributed by atoms with E-state index in [0.717, 1.165) is 21.7 Å². The van der Waals surface area contributed by atoms with E-state index in [1.54, 1.807) is 42.8 Å². The molecule has 0 aliphatic heterocycles. The van der Waals surface area contributed by atoms with Crippen LogP contribution in [0.3, 0.4) is 0 Å². The Kier molecular flexibility index (Phi) is 6.87. The Morgan fingerprint density at radius 3 is 2.43 bits per heavy atom. The Hall–Kier alpha value is -3.36. The Balaban J connectivity index is 1.49. The number of carboxylic acid groups (broad SMARTS) is 1. The van der Waals surface area contributed by atoms with Crippen LogP contribution >= 0.6 is 0 Å². The lowest BCUT2D eigenvalue weighted by Crippen LogP contribution is -2.35. The Labute approximate surface area is 205 Å². The summed E-state index contributed by atoms with van der Waals surface area (Å²) in [7, 11) is -3.67. The van der Waals surface area contributed by atoms with E-state index in [2.05, 4.69) is 0 Å². The van der Waals surface area contributed by atoms with Gasteiger partial charge in [-0.25, -0.2) is 13.2 Å². The summed E-state index contributed by atoms with van der Waals surface area (Å²) in [6, 6.07) is 20.2. The first kappa shape index (κ1) is 24.8. The smallest absolute Gasteiger partial charge is 0.329 e. The number of hydrogen-bond acceptors (Lipinski definition) is 4. The van der Waals surface area contributed by atoms with Crippen molar-refractivity contribution in [1.82, 2.24) is 8.87 Å². The minimum atomic E-state index is -3.67. The maximum Gasteiger partial charge on any atom is 0.329 e. The topological polar surface area (TPSA) is 88.8 Å². The maximum absolute atomic E-state index is 13.4. The van der Waals surface area contributed by atoms with Gasteiger partial charge in [0.05, 0.1) is 4.90 Å². The molecule has 0 bridgehead atoms. The predicted octanol–water partition coefficient (Wildman–Crippen LogP) is 5.09. The van der Waals surface area contributed by atoms with Gasteiger partial charge in [-0.15, -0.1) is 0 Å². The summed E-state index contributed by atoms with van der Waals surface area (Å²) in [6.45, 7) is 6.05. The van der Waals surface area contributed by atoms with Gasteiger partial charge in [0.15, 0.2) is 0 Å². The van der Waals surface area contributed by atoms with Gasteiger partial charge in [0.2, 0.25) is 10.0 Å². The van der Waals surface area contributed by atoms with Crippen LogP contribution in [0.1, 0.15) is 27.2 Å². The Morgan fingerprint density at radius 2 is 1.71 bits per heavy atom. The first-order valence-corrected chi connectivity index (χ1v) is 13.1. The van der Waals surface area contributed by atoms with Gasteiger partial charge in [-0.1, -0.05) is 37.3 Å². The number of ether oxygens (including phenoxy) is 1. The van der Waals surface area contributed by atoms with Crippen molar-refractivity contribution in [3.05, 3.63) is 72.9 Å². The highest BCUT2D eigenvalue weighted by Gasteiger charge is 2.30. The summed E-state index contributed by atoms with van der Waals surface area (Å²) < 4.78 is 35.8. The Morgan fingerprint density at radius 1 is 0.971 bits per heavy atom. The van der Waals surface area contributed by atoms with Crippen LogP contribution in [0.15, 0.2) is 77.8 Å². The summed E-state index contributed by atoms with van der Waals surface area (Å²) in [6.07, 6.45) is 2.44. The molecule has 0 atom stereocenters. The molecular weight excluding hydrogens is 464 g/mol. The first-order chi connectivity index (χ1) is 16.6. The molecule has 0 aliphatic rings. The minimum Gasteiger partial charge on any atom is -0.492 e. The van der Waals surface area contributed by atoms with Gasteiger partial charge >= 0.3 is 5.97 Å². The third kappa shape index (κ3) is 4.90. The molecule has 3 aromatic carbocycles. The molecule has 4 aromatic rings. The van der Waals surface area contributed by atoms with Gasteiger partial charge in [0.25, 0.3) is 0 Å². The zero-order valence-corrected chi connectivity index (χ0v) is 21.0. The largest absolute Gasteiger partial charge is 0.492 e. The van der Waals surface area contributed by atoms with Gasteiger partial charge < -0.3 is 14.4 Å². The Bertz CT molecular complexity index is 1470. The van der Waals surface area contributed by atoms with Crippen LogP contribution in [0.2, 0.25) is 0 Å². The highest BCUT2D eigenvalue weighted by Crippen LogP contribution is 2.28. The highest BCUT2D eigenvalue weighted by atomic mass is 32.2. The zero-order valence-electron chi connectivity index (χ0n) is 20.1. The third-order valence-corrected chi connectivity index (χ3v) is 8.12. The average molecular weight is 495 g/mol. The second-order valence-electron chi connectivity index (χ2n) is 9.03. The van der Waals surface area contributed by atoms with E-state index in [1.165, 1.54) is 4.31 Å². The molecule has 1 aromatic heterocycles. The SMILES string of the molecule is CCCN(CCOc1ccc2c(ccn2C(C)(C)C(=O)O)c1)S(=O)(=O)c1ccc2ccccc2c1. The lowest BCUT2D eigenvalue weighted by molar-refractivity contribution is -0.145. The monoisotopic (exact) mass is 494 g/mol. The van der Waals surface area contributed by atoms with Crippen LogP contribution in [0.5, 0.6) is 5.75 Å². The van der Waals surface area contributed by atoms with Gasteiger partial charge in [-0.3, -0.25) is 0 Å². The van der Waals surface area contributed by atoms with E-state index in [4.69, 9.17) is 4.74 Å². The third-order valence-electron chi connectivity index (χ3n) is 6.23. The van der Waals surface area contributed by atoms with Crippen molar-refractivity contribution in [2.24, 2.45) is 0 Å². The second-order valence-corrected chi connectivity index (χ2v) is 11.0. The summed E-state index contributed by atoms with van der Waals surface area (Å²) in [5, 5.41) is 12.3. The number of aliphatic carboxylic acids is 1. The number of fused-ring (bicyclic) bond motifs is 2. The summed E-state index contributed by atoms with van der Waals surface area (Å²) in [4.78, 5) is 11.9. The molecule has 0 spiro atoms. The molecule has 0 fully saturated rings. The van der Waals surface area contributed by atoms with Crippen molar-refractivity contribution in [2.75, 3.05) is 19.7 Å². The molecular formula is C27H30N2O5S. The maximum atomic E-state index is 13.4. The number of benzene rings is 3. The molecule has 0 radical (unpaired) electrons. The van der Waals surface area contributed by atoms with Gasteiger partial charge in [0, 0.05) is 30.2 Å². The fourth-order valence-electron chi connectivity index (χ4n) is 4.14. The van der Waals surface area contributed by atoms with Crippen molar-refractivity contribution in [3.8, 4) is 5.75 Å². The molecule has 8 heteroatoms. The molecule has 7 nitrogen and oxygen atoms in total. The second kappa shape index (κ2) is 9.71. The number of rotatable bonds is 10. The predicted molar refractivity (Wildman–Crippen MR) is 137 cm³/mol. The van der Waals surface area contributed by atoms with Gasteiger partial charge in [-0.05, 0) is 67.4 Å². The van der Waals surface area contributed by atoms with Crippen LogP contribution < -0.4 is 4.74 Å². The average Bonchev–Trinajstić information content (AvgIpc) is 3.27. The number of carbonyl (C=O) groups is 1. The first-order valence-electron chi connectivity index (χ1n) is 11.6. The molecule has 1 heterocycles. The standard InChI is InChI=1S/C27H30N2O5S/c1-4-14-28(35(32,33)24-11-9-20-7-5-6-8-21(20)19-24)16-17-34-23-10-12-25-22(18-23)13-15-29(25)27(2,3)26(30)31/h5-13,15,18-19H,4,14,16-17H2,1-3H3,(H,30,31). The van der Waals surface area contributed by atoms with Gasteiger partial charge in [-0.2, -0.15) is 4.31 Å². The van der Waals surface area contributed by atoms with E-state index in [9.17, 15) is 18.3 Å². The van der Waals surface area contributed by atoms with Crippen molar-refractivity contribution < 1.29 is 23.1 Å². The van der Waals surface area contributed by atoms with E-state index in [0.29, 0.717) is 18.7 Å². The van der Waals surface area contributed by atoms with Crippen LogP contribution in [0.25, 0.3) is 21.7 Å². The normalized spacial score (nSPS) is 12.5. The molecule has 0 saturated heterocycles. The van der Waals surface area contributed by atoms with Crippen molar-refractivity contribution in [2.45, 2.75) is 37.6 Å². The molecule has 1 N–H and O–H groups in total. The fourth-order valence-corrected chi connectivity index (χ4v) is 5.70. The minimum absolute atomic E-state index is 0.194. The van der Waals surface area contributed by atoms with Crippen LogP contribution in [0.4, 0.5) is 0 Å². The molecule has 184 valence electrons. The molecule has 0 unspecified atom stereocenters. The van der Waals surface area contributed by atoms with Crippen LogP contribution in [-0.2, 0) is 20.4 Å². The van der Waals surface area contributed by atoms with Crippen molar-refractivity contribution >= 4 is 37.7 Å². The summed E-state index contributed by atoms with van der Waals surface area (Å²) >= 11 is 0. The molecule has 0 saturated carbocycles. The van der Waals surface area contributed by atoms with E-state index < -0.39 is 21.5 Å². The van der Waals surface area contributed by atoms with Crippen LogP contribution in [0, 0.1) is 0 Å². The van der Waals surface area contributed by atoms with Crippen LogP contribution in [-0.4, -0.2) is 48.1 Å². The lowest BCUT2D eigenvalue weighted by Gasteiger charge is -2.23. The quantitative estimate of drug-likeness (QED) is 0.332. The summed E-state index contributed by atoms with van der Waals surface area (Å²) in [5.74, 6) is -0.318. The lowest BCUT2D eigenvalue weighted by atomic mass is 10.1. The van der Waals surface area contributed by atoms with E-state index in [1.807, 2.05) is 55.5 Å². The zero-order chi connectivity index (χ0) is 25.2. The number of aromatic nitrogens is 1. The molecule has 35 heavy (non-hydrogen) atoms. The fraction of sp³-hybridized carbons (Fsp3) is 0.296. The molecule has 0 aliphatic carbocycles. The van der Waals surface area contributed by atoms with E-state index in [-0.39, 0.29) is 18.0 Å². The summed E-state index contributed by atoms with van der Waals surface area (Å²) in [5.41, 5.74) is -0.293. The molecule has 4 rings (SSSR count). The number of hydrogen-bond donors (Lipinski definition) is 1.